The SMILES string of the molecule is N#Cc1ccc2c(c1)c1cc(-c3ccc(-c4cc5ccc6cc(-c7cc(-c8ccccn8)cc(-c8ccccn8)c7)cc7ccc(c4)c5c67)cc3)ccc1n2-c1ccccc1.N#Cc1ccc2c(c1)c1cc(-c3ccc(-c4cc5ccc6cc(-c7nc(-c8ccccc8)cc(-c8ccccc8)n7)cc7ccc(c4)c5c67)cc3)ccc1n2-c1ccccc1. The fourth-order valence-electron chi connectivity index (χ4n) is 18.5. The standard InChI is InChI=1S/2C57H34N4/c58-35-36-16-26-53-49(28-36)50-33-41(25-27-54(50)61(53)48-14-8-3-9-15-48)37-17-19-38(20-18-37)46-29-42-21-23-44-31-47(32-45-24-22-43(30-46)55(42)56(44)45)57-59-51(39-10-4-1-5-11-39)34-52(60-57)40-12-6-2-7-13-40;58-35-36-12-22-54-50(26-36)51-34-39(21-23-55(51)61(54)49-8-2-1-3-9-49)37-13-15-38(16-14-37)44-27-40-17-19-42-29-45(30-43-20-18-41(28-44)56(40)57(42)43)46-31-47(52-10-4-6-24-59-52)33-48(32-46)53-11-5-7-25-60-53/h2*1-34H. The normalized spacial score (nSPS) is 11.6. The van der Waals surface area contributed by atoms with Crippen molar-refractivity contribution in [3.8, 4) is 136 Å². The Bertz CT molecular complexity index is 7600. The summed E-state index contributed by atoms with van der Waals surface area (Å²) < 4.78 is 4.57. The second kappa shape index (κ2) is 29.1. The van der Waals surface area contributed by atoms with E-state index in [2.05, 4.69) is 359 Å². The van der Waals surface area contributed by atoms with Crippen LogP contribution in [0.25, 0.3) is 232 Å². The van der Waals surface area contributed by atoms with Gasteiger partial charge in [-0.3, -0.25) is 9.97 Å². The van der Waals surface area contributed by atoms with Crippen molar-refractivity contribution in [1.29, 1.82) is 10.5 Å². The van der Waals surface area contributed by atoms with E-state index in [4.69, 9.17) is 9.97 Å². The number of nitrogens with zero attached hydrogens (tertiary/aromatic N) is 8. The van der Waals surface area contributed by atoms with Crippen LogP contribution in [0.4, 0.5) is 0 Å². The van der Waals surface area contributed by atoms with Crippen LogP contribution in [-0.2, 0) is 0 Å². The molecule has 0 bridgehead atoms. The number of benzene rings is 19. The van der Waals surface area contributed by atoms with Crippen molar-refractivity contribution in [1.82, 2.24) is 29.1 Å². The molecule has 564 valence electrons. The molecule has 122 heavy (non-hydrogen) atoms. The summed E-state index contributed by atoms with van der Waals surface area (Å²) in [6.45, 7) is 0. The highest BCUT2D eigenvalue weighted by Crippen LogP contribution is 2.46. The quantitative estimate of drug-likeness (QED) is 0.113. The summed E-state index contributed by atoms with van der Waals surface area (Å²) >= 11 is 0. The highest BCUT2D eigenvalue weighted by atomic mass is 15.0. The van der Waals surface area contributed by atoms with E-state index < -0.39 is 0 Å². The molecule has 0 saturated heterocycles. The Morgan fingerprint density at radius 2 is 0.484 bits per heavy atom. The number of hydrogen-bond acceptors (Lipinski definition) is 6. The van der Waals surface area contributed by atoms with Gasteiger partial charge in [0.25, 0.3) is 0 Å². The van der Waals surface area contributed by atoms with Gasteiger partial charge in [0, 0.05) is 73.1 Å². The first kappa shape index (κ1) is 70.6. The molecule has 0 atom stereocenters. The molecule has 8 heteroatoms. The van der Waals surface area contributed by atoms with Gasteiger partial charge in [0.1, 0.15) is 0 Å². The lowest BCUT2D eigenvalue weighted by Gasteiger charge is -2.16. The van der Waals surface area contributed by atoms with Crippen molar-refractivity contribution in [3.63, 3.8) is 0 Å². The molecule has 24 rings (SSSR count). The van der Waals surface area contributed by atoms with Gasteiger partial charge in [-0.2, -0.15) is 10.5 Å². The highest BCUT2D eigenvalue weighted by molar-refractivity contribution is 6.26. The average molecular weight is 1550 g/mol. The van der Waals surface area contributed by atoms with Gasteiger partial charge in [-0.15, -0.1) is 0 Å². The largest absolute Gasteiger partial charge is 0.309 e. The number of nitriles is 2. The first-order valence-corrected chi connectivity index (χ1v) is 41.0. The molecule has 5 aromatic heterocycles. The Hall–Kier alpha value is -16.8. The van der Waals surface area contributed by atoms with Crippen molar-refractivity contribution < 1.29 is 0 Å². The molecule has 5 heterocycles. The Labute approximate surface area is 702 Å². The number of pyridine rings is 2. The number of para-hydroxylation sites is 2. The van der Waals surface area contributed by atoms with E-state index in [1.165, 1.54) is 86.9 Å². The number of hydrogen-bond donors (Lipinski definition) is 0. The topological polar surface area (TPSA) is 109 Å². The minimum absolute atomic E-state index is 0.657. The number of aromatic nitrogens is 6. The fraction of sp³-hybridized carbons (Fsp3) is 0. The summed E-state index contributed by atoms with van der Waals surface area (Å²) in [7, 11) is 0. The molecule has 0 fully saturated rings. The Morgan fingerprint density at radius 1 is 0.197 bits per heavy atom. The van der Waals surface area contributed by atoms with Gasteiger partial charge in [0.15, 0.2) is 5.82 Å². The monoisotopic (exact) mass is 1550 g/mol. The van der Waals surface area contributed by atoms with E-state index in [9.17, 15) is 10.5 Å². The van der Waals surface area contributed by atoms with E-state index >= 15 is 0 Å². The summed E-state index contributed by atoms with van der Waals surface area (Å²) in [5, 5.41) is 38.7. The molecule has 0 aliphatic carbocycles. The van der Waals surface area contributed by atoms with Crippen molar-refractivity contribution in [2.75, 3.05) is 0 Å². The average Bonchev–Trinajstić information content (AvgIpc) is 1.16. The molecule has 0 amide bonds. The molecule has 0 unspecified atom stereocenters. The van der Waals surface area contributed by atoms with Crippen LogP contribution in [0.5, 0.6) is 0 Å². The predicted molar refractivity (Wildman–Crippen MR) is 504 cm³/mol. The lowest BCUT2D eigenvalue weighted by atomic mass is 9.88. The van der Waals surface area contributed by atoms with Gasteiger partial charge in [0.05, 0.1) is 68.1 Å². The van der Waals surface area contributed by atoms with Crippen LogP contribution in [0.2, 0.25) is 0 Å². The van der Waals surface area contributed by atoms with Gasteiger partial charge in [-0.25, -0.2) is 9.97 Å². The van der Waals surface area contributed by atoms with E-state index in [1.807, 2.05) is 85.2 Å². The van der Waals surface area contributed by atoms with Gasteiger partial charge >= 0.3 is 0 Å². The van der Waals surface area contributed by atoms with Crippen LogP contribution in [-0.4, -0.2) is 29.1 Å². The summed E-state index contributed by atoms with van der Waals surface area (Å²) in [6.07, 6.45) is 3.69. The van der Waals surface area contributed by atoms with Crippen molar-refractivity contribution in [2.45, 2.75) is 0 Å². The van der Waals surface area contributed by atoms with Gasteiger partial charge in [-0.05, 0) is 302 Å². The van der Waals surface area contributed by atoms with Gasteiger partial charge < -0.3 is 9.13 Å². The maximum atomic E-state index is 9.75. The van der Waals surface area contributed by atoms with Crippen LogP contribution >= 0.6 is 0 Å². The third-order valence-corrected chi connectivity index (χ3v) is 24.3. The van der Waals surface area contributed by atoms with Gasteiger partial charge in [-0.1, -0.05) is 218 Å². The van der Waals surface area contributed by atoms with Crippen molar-refractivity contribution in [3.05, 3.63) is 424 Å². The summed E-state index contributed by atoms with van der Waals surface area (Å²) in [5.41, 5.74) is 28.4. The lowest BCUT2D eigenvalue weighted by Crippen LogP contribution is -1.96. The molecule has 0 N–H and O–H groups in total. The number of rotatable bonds is 12. The van der Waals surface area contributed by atoms with Crippen LogP contribution in [0.1, 0.15) is 11.1 Å². The third-order valence-electron chi connectivity index (χ3n) is 24.3. The molecular formula is C114H68N8. The zero-order valence-electron chi connectivity index (χ0n) is 65.8. The first-order chi connectivity index (χ1) is 60.3. The van der Waals surface area contributed by atoms with E-state index in [0.29, 0.717) is 17.0 Å². The Balaban J connectivity index is 0.000000142. The molecule has 0 spiro atoms. The maximum Gasteiger partial charge on any atom is 0.160 e. The highest BCUT2D eigenvalue weighted by Gasteiger charge is 2.22. The molecule has 24 aromatic rings. The fourth-order valence-corrected chi connectivity index (χ4v) is 18.5. The van der Waals surface area contributed by atoms with Crippen molar-refractivity contribution in [2.24, 2.45) is 0 Å². The van der Waals surface area contributed by atoms with E-state index in [1.54, 1.807) is 0 Å². The molecular weight excluding hydrogens is 1480 g/mol. The molecule has 8 nitrogen and oxygen atoms in total. The third kappa shape index (κ3) is 12.4. The molecule has 0 aliphatic rings. The van der Waals surface area contributed by atoms with Crippen LogP contribution in [0, 0.1) is 22.7 Å². The molecule has 0 radical (unpaired) electrons. The maximum absolute atomic E-state index is 9.75. The second-order valence-electron chi connectivity index (χ2n) is 31.5. The number of fused-ring (bicyclic) bond motifs is 6. The minimum atomic E-state index is 0.657. The Kier molecular flexibility index (Phi) is 16.9. The van der Waals surface area contributed by atoms with E-state index in [0.717, 1.165) is 139 Å². The van der Waals surface area contributed by atoms with Gasteiger partial charge in [0.2, 0.25) is 0 Å². The summed E-state index contributed by atoms with van der Waals surface area (Å²) in [6, 6.07) is 147. The second-order valence-corrected chi connectivity index (χ2v) is 31.5. The smallest absolute Gasteiger partial charge is 0.160 e. The predicted octanol–water partition coefficient (Wildman–Crippen LogP) is 29.4. The summed E-state index contributed by atoms with van der Waals surface area (Å²) in [5.74, 6) is 0.712. The zero-order valence-corrected chi connectivity index (χ0v) is 65.8. The van der Waals surface area contributed by atoms with Crippen LogP contribution < -0.4 is 0 Å². The van der Waals surface area contributed by atoms with E-state index in [-0.39, 0.29) is 0 Å². The molecule has 0 aliphatic heterocycles. The minimum Gasteiger partial charge on any atom is -0.309 e. The van der Waals surface area contributed by atoms with Crippen molar-refractivity contribution >= 4 is 108 Å². The van der Waals surface area contributed by atoms with Crippen LogP contribution in [0.15, 0.2) is 413 Å². The molecule has 0 saturated carbocycles. The zero-order chi connectivity index (χ0) is 80.9. The Morgan fingerprint density at radius 3 is 0.828 bits per heavy atom. The summed E-state index contributed by atoms with van der Waals surface area (Å²) in [4.78, 5) is 19.6. The van der Waals surface area contributed by atoms with Crippen LogP contribution in [0.3, 0.4) is 0 Å². The first-order valence-electron chi connectivity index (χ1n) is 41.0. The molecule has 19 aromatic carbocycles. The lowest BCUT2D eigenvalue weighted by molar-refractivity contribution is 1.18.